The van der Waals surface area contributed by atoms with Gasteiger partial charge in [-0.05, 0) is 55.3 Å². The Morgan fingerprint density at radius 2 is 1.89 bits per heavy atom. The van der Waals surface area contributed by atoms with Crippen LogP contribution in [0.25, 0.3) is 6.08 Å². The van der Waals surface area contributed by atoms with Crippen molar-refractivity contribution in [1.82, 2.24) is 0 Å². The van der Waals surface area contributed by atoms with E-state index in [9.17, 15) is 9.59 Å². The number of allylic oxidation sites excluding steroid dienone is 1. The monoisotopic (exact) mass is 364 g/mol. The maximum atomic E-state index is 12.6. The van der Waals surface area contributed by atoms with E-state index in [0.29, 0.717) is 29.2 Å². The number of Topliss-reactive ketones (excluding diaryl/α,β-unsaturated/α-hetero) is 1. The van der Waals surface area contributed by atoms with Crippen molar-refractivity contribution < 1.29 is 23.8 Å². The molecule has 2 aromatic rings. The predicted molar refractivity (Wildman–Crippen MR) is 102 cm³/mol. The van der Waals surface area contributed by atoms with Crippen molar-refractivity contribution in [3.05, 3.63) is 76.6 Å². The summed E-state index contributed by atoms with van der Waals surface area (Å²) in [6.07, 6.45) is 1.65. The van der Waals surface area contributed by atoms with Crippen molar-refractivity contribution in [3.8, 4) is 11.5 Å². The molecule has 5 nitrogen and oxygen atoms in total. The summed E-state index contributed by atoms with van der Waals surface area (Å²) in [5, 5.41) is 0. The average Bonchev–Trinajstić information content (AvgIpc) is 2.98. The van der Waals surface area contributed by atoms with Gasteiger partial charge in [0, 0.05) is 5.56 Å². The first-order chi connectivity index (χ1) is 12.9. The lowest BCUT2D eigenvalue weighted by Crippen LogP contribution is -2.01. The Morgan fingerprint density at radius 1 is 1.19 bits per heavy atom. The number of ether oxygens (including phenoxy) is 3. The van der Waals surface area contributed by atoms with E-state index in [0.717, 1.165) is 16.7 Å². The number of esters is 1. The first-order valence-corrected chi connectivity index (χ1v) is 8.44. The van der Waals surface area contributed by atoms with Crippen LogP contribution in [0.3, 0.4) is 0 Å². The Bertz CT molecular complexity index is 951. The molecular weight excluding hydrogens is 344 g/mol. The molecule has 3 rings (SSSR count). The number of fused-ring (bicyclic) bond motifs is 1. The van der Waals surface area contributed by atoms with Crippen molar-refractivity contribution in [1.29, 1.82) is 0 Å². The highest BCUT2D eigenvalue weighted by atomic mass is 16.5. The highest BCUT2D eigenvalue weighted by molar-refractivity contribution is 6.15. The Morgan fingerprint density at radius 3 is 2.52 bits per heavy atom. The standard InChI is InChI=1S/C22H20O5/c1-13(2)12-26-18-10-9-17-20(23)19(27-21(17)14(18)3)11-15-5-7-16(8-6-15)22(24)25-4/h5-11H,1,12H2,2-4H3/b19-11-. The molecule has 138 valence electrons. The van der Waals surface area contributed by atoms with Crippen LogP contribution in [0.1, 0.15) is 38.8 Å². The van der Waals surface area contributed by atoms with Crippen molar-refractivity contribution >= 4 is 17.8 Å². The molecule has 0 saturated heterocycles. The Balaban J connectivity index is 1.85. The second kappa shape index (κ2) is 7.50. The Hall–Kier alpha value is -3.34. The van der Waals surface area contributed by atoms with Crippen LogP contribution in [-0.2, 0) is 4.74 Å². The number of rotatable bonds is 5. The van der Waals surface area contributed by atoms with Gasteiger partial charge in [0.25, 0.3) is 0 Å². The molecule has 0 radical (unpaired) electrons. The van der Waals surface area contributed by atoms with Gasteiger partial charge in [0.2, 0.25) is 5.78 Å². The number of benzene rings is 2. The topological polar surface area (TPSA) is 61.8 Å². The third kappa shape index (κ3) is 3.77. The number of hydrogen-bond donors (Lipinski definition) is 0. The second-order valence-electron chi connectivity index (χ2n) is 6.36. The highest BCUT2D eigenvalue weighted by Gasteiger charge is 2.30. The summed E-state index contributed by atoms with van der Waals surface area (Å²) in [5.41, 5.74) is 3.37. The molecule has 0 saturated carbocycles. The normalized spacial score (nSPS) is 13.9. The van der Waals surface area contributed by atoms with Gasteiger partial charge in [0.15, 0.2) is 5.76 Å². The molecule has 0 aliphatic carbocycles. The first kappa shape index (κ1) is 18.5. The third-order valence-electron chi connectivity index (χ3n) is 4.14. The van der Waals surface area contributed by atoms with E-state index in [2.05, 4.69) is 11.3 Å². The SMILES string of the molecule is C=C(C)COc1ccc2c(c1C)O/C(=C\c1ccc(C(=O)OC)cc1)C2=O. The van der Waals surface area contributed by atoms with Gasteiger partial charge in [0.1, 0.15) is 18.1 Å². The molecule has 1 heterocycles. The first-order valence-electron chi connectivity index (χ1n) is 8.44. The molecule has 1 aliphatic rings. The summed E-state index contributed by atoms with van der Waals surface area (Å²) in [7, 11) is 1.33. The van der Waals surface area contributed by atoms with Crippen molar-refractivity contribution in [2.75, 3.05) is 13.7 Å². The lowest BCUT2D eigenvalue weighted by atomic mass is 10.1. The van der Waals surface area contributed by atoms with Gasteiger partial charge in [-0.25, -0.2) is 4.79 Å². The number of methoxy groups -OCH3 is 1. The summed E-state index contributed by atoms with van der Waals surface area (Å²) >= 11 is 0. The van der Waals surface area contributed by atoms with Gasteiger partial charge in [-0.2, -0.15) is 0 Å². The smallest absolute Gasteiger partial charge is 0.337 e. The van der Waals surface area contributed by atoms with E-state index in [-0.39, 0.29) is 11.5 Å². The van der Waals surface area contributed by atoms with Crippen molar-refractivity contribution in [2.45, 2.75) is 13.8 Å². The number of ketones is 1. The molecule has 5 heteroatoms. The van der Waals surface area contributed by atoms with Gasteiger partial charge < -0.3 is 14.2 Å². The number of hydrogen-bond acceptors (Lipinski definition) is 5. The Labute approximate surface area is 157 Å². The summed E-state index contributed by atoms with van der Waals surface area (Å²) in [6.45, 7) is 7.96. The summed E-state index contributed by atoms with van der Waals surface area (Å²) in [5.74, 6) is 0.810. The van der Waals surface area contributed by atoms with Crippen LogP contribution in [0.2, 0.25) is 0 Å². The maximum absolute atomic E-state index is 12.6. The molecular formula is C22H20O5. The zero-order valence-electron chi connectivity index (χ0n) is 15.5. The van der Waals surface area contributed by atoms with Crippen LogP contribution < -0.4 is 9.47 Å². The van der Waals surface area contributed by atoms with E-state index in [1.54, 1.807) is 42.5 Å². The van der Waals surface area contributed by atoms with Gasteiger partial charge in [-0.3, -0.25) is 4.79 Å². The molecule has 0 unspecified atom stereocenters. The van der Waals surface area contributed by atoms with E-state index < -0.39 is 5.97 Å². The summed E-state index contributed by atoms with van der Waals surface area (Å²) in [4.78, 5) is 24.1. The van der Waals surface area contributed by atoms with Gasteiger partial charge in [0.05, 0.1) is 18.2 Å². The fourth-order valence-corrected chi connectivity index (χ4v) is 2.71. The second-order valence-corrected chi connectivity index (χ2v) is 6.36. The molecule has 0 N–H and O–H groups in total. The minimum absolute atomic E-state index is 0.184. The fraction of sp³-hybridized carbons (Fsp3) is 0.182. The summed E-state index contributed by atoms with van der Waals surface area (Å²) < 4.78 is 16.2. The molecule has 0 atom stereocenters. The predicted octanol–water partition coefficient (Wildman–Crippen LogP) is 4.35. The van der Waals surface area contributed by atoms with Gasteiger partial charge >= 0.3 is 5.97 Å². The minimum atomic E-state index is -0.410. The molecule has 0 fully saturated rings. The Kier molecular flexibility index (Phi) is 5.12. The molecule has 27 heavy (non-hydrogen) atoms. The quantitative estimate of drug-likeness (QED) is 0.448. The minimum Gasteiger partial charge on any atom is -0.489 e. The molecule has 0 amide bonds. The van der Waals surface area contributed by atoms with Crippen LogP contribution in [0.4, 0.5) is 0 Å². The van der Waals surface area contributed by atoms with Crippen LogP contribution in [0, 0.1) is 6.92 Å². The highest BCUT2D eigenvalue weighted by Crippen LogP contribution is 2.39. The van der Waals surface area contributed by atoms with Crippen LogP contribution in [0.5, 0.6) is 11.5 Å². The van der Waals surface area contributed by atoms with Crippen LogP contribution in [-0.4, -0.2) is 25.5 Å². The molecule has 0 spiro atoms. The summed E-state index contributed by atoms with van der Waals surface area (Å²) in [6, 6.07) is 10.2. The molecule has 2 aromatic carbocycles. The average molecular weight is 364 g/mol. The lowest BCUT2D eigenvalue weighted by Gasteiger charge is -2.11. The largest absolute Gasteiger partial charge is 0.489 e. The van der Waals surface area contributed by atoms with Crippen LogP contribution in [0.15, 0.2) is 54.3 Å². The number of carbonyl (C=O) groups excluding carboxylic acids is 2. The maximum Gasteiger partial charge on any atom is 0.337 e. The molecule has 1 aliphatic heterocycles. The van der Waals surface area contributed by atoms with E-state index in [4.69, 9.17) is 9.47 Å². The fourth-order valence-electron chi connectivity index (χ4n) is 2.71. The van der Waals surface area contributed by atoms with E-state index in [1.165, 1.54) is 7.11 Å². The van der Waals surface area contributed by atoms with Crippen molar-refractivity contribution in [2.24, 2.45) is 0 Å². The van der Waals surface area contributed by atoms with E-state index >= 15 is 0 Å². The zero-order chi connectivity index (χ0) is 19.6. The van der Waals surface area contributed by atoms with E-state index in [1.807, 2.05) is 13.8 Å². The zero-order valence-corrected chi connectivity index (χ0v) is 15.5. The number of carbonyl (C=O) groups is 2. The van der Waals surface area contributed by atoms with Gasteiger partial charge in [-0.1, -0.05) is 18.7 Å². The third-order valence-corrected chi connectivity index (χ3v) is 4.14. The molecule has 0 bridgehead atoms. The lowest BCUT2D eigenvalue weighted by molar-refractivity contribution is 0.0600. The van der Waals surface area contributed by atoms with Crippen molar-refractivity contribution in [3.63, 3.8) is 0 Å². The van der Waals surface area contributed by atoms with Crippen LogP contribution >= 0.6 is 0 Å². The molecule has 0 aromatic heterocycles. The van der Waals surface area contributed by atoms with Gasteiger partial charge in [-0.15, -0.1) is 0 Å².